The van der Waals surface area contributed by atoms with Crippen molar-refractivity contribution in [2.24, 2.45) is 17.3 Å². The van der Waals surface area contributed by atoms with Crippen molar-refractivity contribution >= 4 is 28.9 Å². The predicted octanol–water partition coefficient (Wildman–Crippen LogP) is 5.62. The molecule has 1 amide bonds. The number of carboxylic acids is 1. The molecule has 0 radical (unpaired) electrons. The van der Waals surface area contributed by atoms with E-state index >= 15 is 0 Å². The first kappa shape index (κ1) is 23.3. The fourth-order valence-corrected chi connectivity index (χ4v) is 5.67. The van der Waals surface area contributed by atoms with Crippen LogP contribution in [0.2, 0.25) is 0 Å². The molecular formula is C26H37NO4S. The molecule has 176 valence electrons. The van der Waals surface area contributed by atoms with Crippen molar-refractivity contribution in [1.82, 2.24) is 0 Å². The van der Waals surface area contributed by atoms with Crippen LogP contribution < -0.4 is 4.90 Å². The third-order valence-electron chi connectivity index (χ3n) is 6.60. The van der Waals surface area contributed by atoms with Gasteiger partial charge >= 0.3 is 5.97 Å². The third kappa shape index (κ3) is 5.74. The fraction of sp³-hybridized carbons (Fsp3) is 0.692. The van der Waals surface area contributed by atoms with Crippen LogP contribution in [0, 0.1) is 36.0 Å². The Hall–Kier alpha value is -1.84. The van der Waals surface area contributed by atoms with Crippen molar-refractivity contribution < 1.29 is 21.2 Å². The third-order valence-corrected chi connectivity index (χ3v) is 7.79. The molecule has 1 heterocycles. The highest BCUT2D eigenvalue weighted by atomic mass is 32.1. The minimum absolute atomic E-state index is 0.0129. The summed E-state index contributed by atoms with van der Waals surface area (Å²) in [6, 6.07) is -0.225. The van der Waals surface area contributed by atoms with Gasteiger partial charge in [-0.15, -0.1) is 11.3 Å². The number of anilines is 1. The second kappa shape index (κ2) is 9.97. The maximum Gasteiger partial charge on any atom is 0.348 e. The Kier molecular flexibility index (Phi) is 7.27. The molecule has 2 saturated carbocycles. The molecule has 32 heavy (non-hydrogen) atoms. The normalized spacial score (nSPS) is 28.9. The number of amides is 1. The average Bonchev–Trinajstić information content (AvgIpc) is 3.04. The number of carbonyl (C=O) groups is 2. The van der Waals surface area contributed by atoms with E-state index in [1.54, 1.807) is 4.90 Å². The zero-order valence-corrected chi connectivity index (χ0v) is 20.8. The Balaban J connectivity index is 2.07. The maximum atomic E-state index is 13.9. The number of aliphatic hydroxyl groups is 1. The molecule has 0 aromatic carbocycles. The number of carboxylic acid groups (broad SMARTS) is 1. The Morgan fingerprint density at radius 1 is 1.09 bits per heavy atom. The molecule has 0 atom stereocenters. The number of hydrogen-bond donors (Lipinski definition) is 2. The largest absolute Gasteiger partial charge is 0.477 e. The van der Waals surface area contributed by atoms with E-state index in [0.717, 1.165) is 42.6 Å². The van der Waals surface area contributed by atoms with Gasteiger partial charge < -0.3 is 15.1 Å². The molecule has 3 rings (SSSR count). The molecule has 0 bridgehead atoms. The second-order valence-corrected chi connectivity index (χ2v) is 11.5. The lowest BCUT2D eigenvalue weighted by atomic mass is 9.81. The number of rotatable bonds is 4. The fourth-order valence-electron chi connectivity index (χ4n) is 4.67. The van der Waals surface area contributed by atoms with Crippen molar-refractivity contribution in [3.05, 3.63) is 15.3 Å². The monoisotopic (exact) mass is 460 g/mol. The highest BCUT2D eigenvalue weighted by Gasteiger charge is 2.38. The lowest BCUT2D eigenvalue weighted by molar-refractivity contribution is -0.124. The van der Waals surface area contributed by atoms with Crippen LogP contribution >= 0.6 is 11.3 Å². The van der Waals surface area contributed by atoms with Crippen LogP contribution in [0.5, 0.6) is 0 Å². The van der Waals surface area contributed by atoms with Crippen LogP contribution in [-0.4, -0.2) is 34.2 Å². The van der Waals surface area contributed by atoms with Gasteiger partial charge in [-0.25, -0.2) is 4.79 Å². The van der Waals surface area contributed by atoms with Gasteiger partial charge in [0.25, 0.3) is 0 Å². The number of hydrogen-bond acceptors (Lipinski definition) is 4. The molecule has 1 aromatic rings. The molecule has 1 aromatic heterocycles. The molecule has 0 spiro atoms. The predicted molar refractivity (Wildman–Crippen MR) is 129 cm³/mol. The van der Waals surface area contributed by atoms with Gasteiger partial charge in [-0.2, -0.15) is 0 Å². The van der Waals surface area contributed by atoms with Gasteiger partial charge in [0.15, 0.2) is 0 Å². The summed E-state index contributed by atoms with van der Waals surface area (Å²) < 4.78 is 8.00. The first-order valence-corrected chi connectivity index (χ1v) is 12.6. The summed E-state index contributed by atoms with van der Waals surface area (Å²) in [4.78, 5) is 28.7. The summed E-state index contributed by atoms with van der Waals surface area (Å²) in [6.07, 6.45) is 3.64. The van der Waals surface area contributed by atoms with E-state index < -0.39 is 12.0 Å². The Morgan fingerprint density at radius 2 is 1.69 bits per heavy atom. The molecule has 2 aliphatic carbocycles. The van der Waals surface area contributed by atoms with E-state index in [1.165, 1.54) is 0 Å². The van der Waals surface area contributed by atoms with Crippen LogP contribution in [0.15, 0.2) is 0 Å². The Bertz CT molecular complexity index is 947. The number of carbonyl (C=O) groups excluding carboxylic acids is 1. The molecular weight excluding hydrogens is 422 g/mol. The van der Waals surface area contributed by atoms with Gasteiger partial charge in [0.05, 0.1) is 18.0 Å². The molecule has 0 unspecified atom stereocenters. The van der Waals surface area contributed by atoms with E-state index in [1.807, 2.05) is 27.7 Å². The summed E-state index contributed by atoms with van der Waals surface area (Å²) in [6.45, 7) is 10.1. The standard InChI is InChI=1S/C26H37NO4S/c1-16-6-8-18(9-7-16)24(29)27(19-10-12-20(28)13-11-19)22-17(2)21(14-15-26(3,4)5)32-23(22)25(30)31/h16,18-20,28H,6-13H2,1-5H3,(H,30,31)/t16-,18-,19-,20+/i20D. The van der Waals surface area contributed by atoms with E-state index in [2.05, 4.69) is 18.8 Å². The number of aromatic carboxylic acids is 1. The van der Waals surface area contributed by atoms with Gasteiger partial charge in [0.2, 0.25) is 5.91 Å². The summed E-state index contributed by atoms with van der Waals surface area (Å²) in [7, 11) is 0. The lowest BCUT2D eigenvalue weighted by Crippen LogP contribution is -2.47. The van der Waals surface area contributed by atoms with Gasteiger partial charge in [0.1, 0.15) is 4.88 Å². The van der Waals surface area contributed by atoms with Crippen LogP contribution in [0.4, 0.5) is 5.69 Å². The summed E-state index contributed by atoms with van der Waals surface area (Å²) in [5, 5.41) is 20.2. The van der Waals surface area contributed by atoms with Crippen LogP contribution in [0.25, 0.3) is 0 Å². The van der Waals surface area contributed by atoms with Gasteiger partial charge in [-0.05, 0) is 85.0 Å². The number of nitrogens with zero attached hydrogens (tertiary/aromatic N) is 1. The van der Waals surface area contributed by atoms with Crippen LogP contribution in [0.1, 0.15) is 101 Å². The Labute approximate surface area is 197 Å². The maximum absolute atomic E-state index is 13.9. The first-order chi connectivity index (χ1) is 15.3. The van der Waals surface area contributed by atoms with E-state index in [-0.39, 0.29) is 41.0 Å². The second-order valence-electron chi connectivity index (χ2n) is 10.5. The molecule has 6 heteroatoms. The molecule has 0 saturated heterocycles. The molecule has 2 aliphatic rings. The van der Waals surface area contributed by atoms with Crippen molar-refractivity contribution in [2.45, 2.75) is 98.1 Å². The summed E-state index contributed by atoms with van der Waals surface area (Å²) in [5.74, 6) is 5.77. The van der Waals surface area contributed by atoms with Crippen LogP contribution in [-0.2, 0) is 4.79 Å². The first-order valence-electron chi connectivity index (χ1n) is 12.2. The summed E-state index contributed by atoms with van der Waals surface area (Å²) in [5.41, 5.74) is 0.976. The smallest absolute Gasteiger partial charge is 0.348 e. The molecule has 2 N–H and O–H groups in total. The lowest BCUT2D eigenvalue weighted by Gasteiger charge is -2.39. The van der Waals surface area contributed by atoms with Crippen LogP contribution in [0.3, 0.4) is 0 Å². The van der Waals surface area contributed by atoms with E-state index in [4.69, 9.17) is 1.37 Å². The zero-order valence-electron chi connectivity index (χ0n) is 21.0. The highest BCUT2D eigenvalue weighted by molar-refractivity contribution is 7.15. The Morgan fingerprint density at radius 3 is 2.22 bits per heavy atom. The molecule has 5 nitrogen and oxygen atoms in total. The zero-order chi connectivity index (χ0) is 24.6. The van der Waals surface area contributed by atoms with Gasteiger partial charge in [-0.3, -0.25) is 4.79 Å². The highest BCUT2D eigenvalue weighted by Crippen LogP contribution is 2.41. The average molecular weight is 461 g/mol. The SMILES string of the molecule is [2H][C@]1(O)CC[C@@H](N(c2c(C(=O)O)sc(C#CC(C)(C)C)c2C)C(=O)[C@H]2CC[C@H](C)CC2)CC1. The summed E-state index contributed by atoms with van der Waals surface area (Å²) >= 11 is 1.14. The quantitative estimate of drug-likeness (QED) is 0.572. The van der Waals surface area contributed by atoms with E-state index in [0.29, 0.717) is 29.3 Å². The molecule has 2 fully saturated rings. The number of thiophene rings is 1. The van der Waals surface area contributed by atoms with E-state index in [9.17, 15) is 19.8 Å². The minimum Gasteiger partial charge on any atom is -0.477 e. The van der Waals surface area contributed by atoms with Crippen molar-refractivity contribution in [3.8, 4) is 11.8 Å². The minimum atomic E-state index is -1.48. The molecule has 0 aliphatic heterocycles. The van der Waals surface area contributed by atoms with Crippen molar-refractivity contribution in [1.29, 1.82) is 0 Å². The van der Waals surface area contributed by atoms with Gasteiger partial charge in [0, 0.05) is 22.9 Å². The topological polar surface area (TPSA) is 77.8 Å². The van der Waals surface area contributed by atoms with Crippen molar-refractivity contribution in [3.63, 3.8) is 0 Å². The van der Waals surface area contributed by atoms with Crippen molar-refractivity contribution in [2.75, 3.05) is 4.90 Å². The van der Waals surface area contributed by atoms with Gasteiger partial charge in [-0.1, -0.05) is 18.8 Å².